The summed E-state index contributed by atoms with van der Waals surface area (Å²) in [6, 6.07) is 11.7. The fourth-order valence-electron chi connectivity index (χ4n) is 3.12. The van der Waals surface area contributed by atoms with Crippen LogP contribution in [0.3, 0.4) is 0 Å². The predicted octanol–water partition coefficient (Wildman–Crippen LogP) is 5.77. The largest absolute Gasteiger partial charge is 0.357 e. The summed E-state index contributed by atoms with van der Waals surface area (Å²) >= 11 is 0. The second-order valence-electron chi connectivity index (χ2n) is 6.81. The van der Waals surface area contributed by atoms with Gasteiger partial charge in [0.05, 0.1) is 17.4 Å². The van der Waals surface area contributed by atoms with Crippen LogP contribution < -0.4 is 0 Å². The molecule has 0 fully saturated rings. The molecule has 8 heteroatoms. The summed E-state index contributed by atoms with van der Waals surface area (Å²) in [5.74, 6) is -0.368. The number of aryl methyl sites for hydroxylation is 2. The first-order chi connectivity index (χ1) is 14.2. The van der Waals surface area contributed by atoms with Gasteiger partial charge in [-0.05, 0) is 55.7 Å². The molecule has 1 aromatic heterocycles. The first kappa shape index (κ1) is 21.8. The van der Waals surface area contributed by atoms with Crippen LogP contribution in [-0.4, -0.2) is 16.5 Å². The van der Waals surface area contributed by atoms with Crippen molar-refractivity contribution in [2.75, 3.05) is 0 Å². The smallest absolute Gasteiger partial charge is 0.301 e. The van der Waals surface area contributed by atoms with Gasteiger partial charge in [-0.1, -0.05) is 44.2 Å². The molecule has 1 unspecified atom stereocenters. The molecular formula is C22H21F3N3OP. The number of benzene rings is 2. The average molecular weight is 431 g/mol. The number of alkyl halides is 2. The zero-order valence-electron chi connectivity index (χ0n) is 16.6. The van der Waals surface area contributed by atoms with Crippen LogP contribution in [0.4, 0.5) is 13.2 Å². The van der Waals surface area contributed by atoms with Crippen molar-refractivity contribution in [3.8, 4) is 5.69 Å². The molecule has 0 aliphatic rings. The van der Waals surface area contributed by atoms with E-state index in [4.69, 9.17) is 4.84 Å². The average Bonchev–Trinajstić information content (AvgIpc) is 3.13. The maximum absolute atomic E-state index is 14.6. The summed E-state index contributed by atoms with van der Waals surface area (Å²) in [5, 5.41) is 7.53. The Kier molecular flexibility index (Phi) is 6.42. The van der Waals surface area contributed by atoms with Crippen molar-refractivity contribution in [1.29, 1.82) is 0 Å². The second kappa shape index (κ2) is 8.84. The van der Waals surface area contributed by atoms with Gasteiger partial charge < -0.3 is 4.84 Å². The Hall–Kier alpha value is -2.92. The Bertz CT molecular complexity index is 1070. The first-order valence-electron chi connectivity index (χ1n) is 9.12. The number of hydrogen-bond donors (Lipinski definition) is 0. The number of allylic oxidation sites excluding steroid dienone is 1. The third kappa shape index (κ3) is 4.62. The number of aromatic nitrogens is 2. The molecule has 0 N–H and O–H groups in total. The van der Waals surface area contributed by atoms with Crippen LogP contribution in [0.15, 0.2) is 59.9 Å². The number of halogens is 3. The molecule has 0 saturated heterocycles. The molecule has 0 bridgehead atoms. The second-order valence-corrected chi connectivity index (χ2v) is 7.53. The van der Waals surface area contributed by atoms with E-state index in [0.29, 0.717) is 11.3 Å². The molecule has 30 heavy (non-hydrogen) atoms. The minimum atomic E-state index is -3.31. The topological polar surface area (TPSA) is 39.4 Å². The Morgan fingerprint density at radius 2 is 1.93 bits per heavy atom. The van der Waals surface area contributed by atoms with Crippen molar-refractivity contribution in [3.05, 3.63) is 88.5 Å². The normalized spacial score (nSPS) is 12.1. The van der Waals surface area contributed by atoms with Crippen LogP contribution in [0.2, 0.25) is 0 Å². The van der Waals surface area contributed by atoms with Crippen molar-refractivity contribution in [2.24, 2.45) is 5.16 Å². The highest BCUT2D eigenvalue weighted by atomic mass is 31.0. The van der Waals surface area contributed by atoms with Gasteiger partial charge in [-0.2, -0.15) is 13.9 Å². The van der Waals surface area contributed by atoms with E-state index < -0.39 is 11.4 Å². The van der Waals surface area contributed by atoms with E-state index in [2.05, 4.69) is 17.0 Å². The van der Waals surface area contributed by atoms with Gasteiger partial charge in [0.15, 0.2) is 5.76 Å². The Balaban J connectivity index is 2.10. The van der Waals surface area contributed by atoms with E-state index in [0.717, 1.165) is 15.8 Å². The van der Waals surface area contributed by atoms with Crippen LogP contribution in [0.1, 0.15) is 27.9 Å². The molecule has 0 aliphatic heterocycles. The molecule has 0 spiro atoms. The SMILES string of the molecule is C=NO/C(=C\Cc1c(C)cccc1F)c1cnn(-c2ccc(C)cc2)c1C(F)(F)P. The van der Waals surface area contributed by atoms with Gasteiger partial charge in [-0.3, -0.25) is 0 Å². The van der Waals surface area contributed by atoms with Gasteiger partial charge in [-0.25, -0.2) is 9.07 Å². The van der Waals surface area contributed by atoms with Gasteiger partial charge in [0, 0.05) is 6.72 Å². The molecule has 0 amide bonds. The maximum atomic E-state index is 14.6. The highest BCUT2D eigenvalue weighted by molar-refractivity contribution is 7.17. The lowest BCUT2D eigenvalue weighted by molar-refractivity contribution is 0.0947. The minimum absolute atomic E-state index is 0.0168. The van der Waals surface area contributed by atoms with E-state index in [-0.39, 0.29) is 23.6 Å². The quantitative estimate of drug-likeness (QED) is 0.206. The maximum Gasteiger partial charge on any atom is 0.301 e. The molecular weight excluding hydrogens is 410 g/mol. The Labute approximate surface area is 175 Å². The summed E-state index contributed by atoms with van der Waals surface area (Å²) in [4.78, 5) is 5.19. The number of hydrogen-bond acceptors (Lipinski definition) is 3. The highest BCUT2D eigenvalue weighted by Gasteiger charge is 2.35. The standard InChI is InChI=1S/C22H21F3N3OP/c1-14-7-9-16(10-8-14)28-21(22(24,25)30)18(13-27-28)20(29-26-3)12-11-17-15(2)5-4-6-19(17)23/h4-10,12-13H,3,11,30H2,1-2H3/b20-12-. The molecule has 3 aromatic rings. The third-order valence-corrected chi connectivity index (χ3v) is 4.91. The van der Waals surface area contributed by atoms with Crippen LogP contribution >= 0.6 is 9.24 Å². The Morgan fingerprint density at radius 1 is 1.23 bits per heavy atom. The van der Waals surface area contributed by atoms with Crippen molar-refractivity contribution in [3.63, 3.8) is 0 Å². The van der Waals surface area contributed by atoms with Crippen molar-refractivity contribution in [1.82, 2.24) is 9.78 Å². The third-order valence-electron chi connectivity index (χ3n) is 4.64. The van der Waals surface area contributed by atoms with Gasteiger partial charge >= 0.3 is 5.66 Å². The molecule has 0 saturated carbocycles. The number of nitrogens with zero attached hydrogens (tertiary/aromatic N) is 3. The van der Waals surface area contributed by atoms with Crippen LogP contribution in [0.25, 0.3) is 11.4 Å². The summed E-state index contributed by atoms with van der Waals surface area (Å²) < 4.78 is 44.5. The Morgan fingerprint density at radius 3 is 2.53 bits per heavy atom. The molecule has 0 aliphatic carbocycles. The highest BCUT2D eigenvalue weighted by Crippen LogP contribution is 2.40. The molecule has 1 atom stereocenters. The van der Waals surface area contributed by atoms with E-state index in [1.165, 1.54) is 27.6 Å². The zero-order chi connectivity index (χ0) is 21.9. The minimum Gasteiger partial charge on any atom is -0.357 e. The van der Waals surface area contributed by atoms with E-state index in [1.54, 1.807) is 43.3 Å². The molecule has 0 radical (unpaired) electrons. The lowest BCUT2D eigenvalue weighted by atomic mass is 10.0. The summed E-state index contributed by atoms with van der Waals surface area (Å²) in [5.41, 5.74) is -1.02. The van der Waals surface area contributed by atoms with Crippen molar-refractivity contribution < 1.29 is 18.0 Å². The van der Waals surface area contributed by atoms with Crippen LogP contribution in [0.5, 0.6) is 0 Å². The molecule has 156 valence electrons. The van der Waals surface area contributed by atoms with E-state index in [1.807, 2.05) is 6.92 Å². The van der Waals surface area contributed by atoms with Crippen molar-refractivity contribution >= 4 is 21.7 Å². The van der Waals surface area contributed by atoms with Crippen molar-refractivity contribution in [2.45, 2.75) is 25.9 Å². The monoisotopic (exact) mass is 431 g/mol. The summed E-state index contributed by atoms with van der Waals surface area (Å²) in [6.07, 6.45) is 2.90. The van der Waals surface area contributed by atoms with Crippen LogP contribution in [-0.2, 0) is 16.9 Å². The van der Waals surface area contributed by atoms with E-state index >= 15 is 0 Å². The van der Waals surface area contributed by atoms with E-state index in [9.17, 15) is 13.2 Å². The van der Waals surface area contributed by atoms with Gasteiger partial charge in [0.2, 0.25) is 0 Å². The number of oxime groups is 1. The first-order valence-corrected chi connectivity index (χ1v) is 9.70. The lowest BCUT2D eigenvalue weighted by Gasteiger charge is -2.16. The molecule has 2 aromatic carbocycles. The molecule has 3 rings (SSSR count). The van der Waals surface area contributed by atoms with Crippen LogP contribution in [0, 0.1) is 19.7 Å². The fraction of sp³-hybridized carbons (Fsp3) is 0.182. The summed E-state index contributed by atoms with van der Waals surface area (Å²) in [7, 11) is 1.52. The number of rotatable bonds is 7. The van der Waals surface area contributed by atoms with Gasteiger partial charge in [0.1, 0.15) is 11.5 Å². The van der Waals surface area contributed by atoms with Gasteiger partial charge in [-0.15, -0.1) is 0 Å². The van der Waals surface area contributed by atoms with Gasteiger partial charge in [0.25, 0.3) is 0 Å². The summed E-state index contributed by atoms with van der Waals surface area (Å²) in [6.45, 7) is 6.95. The lowest BCUT2D eigenvalue weighted by Crippen LogP contribution is -2.14. The predicted molar refractivity (Wildman–Crippen MR) is 115 cm³/mol. The molecule has 1 heterocycles. The zero-order valence-corrected chi connectivity index (χ0v) is 17.7. The fourth-order valence-corrected chi connectivity index (χ4v) is 3.39. The molecule has 4 nitrogen and oxygen atoms in total.